The molecule has 0 amide bonds. The molecule has 1 fully saturated rings. The van der Waals surface area contributed by atoms with Crippen LogP contribution < -0.4 is 15.3 Å². The number of halogens is 4. The molecular weight excluding hydrogens is 502 g/mol. The van der Waals surface area contributed by atoms with E-state index in [0.29, 0.717) is 40.4 Å². The highest BCUT2D eigenvalue weighted by Crippen LogP contribution is 2.38. The van der Waals surface area contributed by atoms with E-state index in [2.05, 4.69) is 14.8 Å². The Morgan fingerprint density at radius 3 is 2.47 bits per heavy atom. The van der Waals surface area contributed by atoms with Crippen LogP contribution in [0.15, 0.2) is 53.6 Å². The third-order valence-electron chi connectivity index (χ3n) is 5.57. The number of hydrogen-bond acceptors (Lipinski definition) is 7. The van der Waals surface area contributed by atoms with E-state index in [9.17, 15) is 22.4 Å². The lowest BCUT2D eigenvalue weighted by molar-refractivity contribution is -0.167. The number of benzene rings is 2. The van der Waals surface area contributed by atoms with Crippen LogP contribution >= 0.6 is 11.3 Å². The lowest BCUT2D eigenvalue weighted by Gasteiger charge is -2.38. The summed E-state index contributed by atoms with van der Waals surface area (Å²) in [6.07, 6.45) is 0.691. The van der Waals surface area contributed by atoms with Gasteiger partial charge in [0.2, 0.25) is 5.06 Å². The van der Waals surface area contributed by atoms with Gasteiger partial charge in [0.15, 0.2) is 5.13 Å². The first-order valence-electron chi connectivity index (χ1n) is 10.8. The van der Waals surface area contributed by atoms with Gasteiger partial charge in [-0.25, -0.2) is 18.6 Å². The standard InChI is InChI=1S/C23H19F4N5O3S/c1-13-20(36-22(29-13)30-9-16(10-30)35-21(26)27)34-15-7-5-14(6-8-15)32-23(33)31(12-28-32)11-17-18(24)3-2-4-19(17)25/h2-8,12,16,21H,9-11H2,1H3. The molecule has 0 spiro atoms. The second-order valence-corrected chi connectivity index (χ2v) is 8.98. The fourth-order valence-corrected chi connectivity index (χ4v) is 4.62. The van der Waals surface area contributed by atoms with Gasteiger partial charge in [-0.3, -0.25) is 4.57 Å². The summed E-state index contributed by atoms with van der Waals surface area (Å²) in [5.74, 6) is -0.998. The first-order chi connectivity index (χ1) is 17.3. The van der Waals surface area contributed by atoms with Gasteiger partial charge in [0, 0.05) is 18.7 Å². The van der Waals surface area contributed by atoms with Crippen LogP contribution in [0.4, 0.5) is 22.7 Å². The zero-order valence-corrected chi connectivity index (χ0v) is 19.6. The summed E-state index contributed by atoms with van der Waals surface area (Å²) in [5.41, 5.74) is 0.301. The van der Waals surface area contributed by atoms with Crippen LogP contribution in [-0.4, -0.2) is 45.1 Å². The summed E-state index contributed by atoms with van der Waals surface area (Å²) < 4.78 is 65.1. The van der Waals surface area contributed by atoms with Crippen molar-refractivity contribution in [2.75, 3.05) is 18.0 Å². The third-order valence-corrected chi connectivity index (χ3v) is 6.67. The minimum atomic E-state index is -2.79. The number of aromatic nitrogens is 4. The zero-order chi connectivity index (χ0) is 25.4. The minimum Gasteiger partial charge on any atom is -0.445 e. The monoisotopic (exact) mass is 521 g/mol. The van der Waals surface area contributed by atoms with Gasteiger partial charge in [0.25, 0.3) is 0 Å². The highest BCUT2D eigenvalue weighted by Gasteiger charge is 2.32. The number of rotatable bonds is 8. The van der Waals surface area contributed by atoms with Crippen molar-refractivity contribution in [1.82, 2.24) is 19.3 Å². The van der Waals surface area contributed by atoms with Gasteiger partial charge in [-0.15, -0.1) is 0 Å². The zero-order valence-electron chi connectivity index (χ0n) is 18.8. The summed E-state index contributed by atoms with van der Waals surface area (Å²) in [6.45, 7) is -0.650. The van der Waals surface area contributed by atoms with Crippen LogP contribution in [0, 0.1) is 18.6 Å². The van der Waals surface area contributed by atoms with Crippen LogP contribution in [0.2, 0.25) is 0 Å². The van der Waals surface area contributed by atoms with Crippen LogP contribution in [0.1, 0.15) is 11.3 Å². The quantitative estimate of drug-likeness (QED) is 0.321. The van der Waals surface area contributed by atoms with Crippen molar-refractivity contribution in [2.45, 2.75) is 26.2 Å². The normalized spacial score (nSPS) is 13.9. The Balaban J connectivity index is 1.26. The molecular formula is C23H19F4N5O3S. The van der Waals surface area contributed by atoms with Gasteiger partial charge in [-0.1, -0.05) is 17.4 Å². The summed E-state index contributed by atoms with van der Waals surface area (Å²) in [4.78, 5) is 19.0. The summed E-state index contributed by atoms with van der Waals surface area (Å²) >= 11 is 1.29. The minimum absolute atomic E-state index is 0.225. The van der Waals surface area contributed by atoms with Gasteiger partial charge >= 0.3 is 12.3 Å². The Labute approximate surface area is 205 Å². The van der Waals surface area contributed by atoms with Crippen molar-refractivity contribution < 1.29 is 27.0 Å². The first kappa shape index (κ1) is 24.0. The van der Waals surface area contributed by atoms with Crippen LogP contribution in [0.3, 0.4) is 0 Å². The van der Waals surface area contributed by atoms with Crippen molar-refractivity contribution in [2.24, 2.45) is 0 Å². The van der Waals surface area contributed by atoms with E-state index in [4.69, 9.17) is 4.74 Å². The molecule has 36 heavy (non-hydrogen) atoms. The van der Waals surface area contributed by atoms with Gasteiger partial charge in [0.05, 0.1) is 24.0 Å². The molecule has 0 radical (unpaired) electrons. The molecule has 1 aliphatic rings. The molecule has 0 bridgehead atoms. The van der Waals surface area contributed by atoms with E-state index in [1.54, 1.807) is 31.2 Å². The number of thiazole rings is 1. The molecule has 8 nitrogen and oxygen atoms in total. The van der Waals surface area contributed by atoms with E-state index in [-0.39, 0.29) is 12.1 Å². The maximum atomic E-state index is 13.9. The Bertz CT molecular complexity index is 1410. The van der Waals surface area contributed by atoms with Crippen molar-refractivity contribution in [3.8, 4) is 16.5 Å². The predicted molar refractivity (Wildman–Crippen MR) is 123 cm³/mol. The third kappa shape index (κ3) is 4.84. The Morgan fingerprint density at radius 2 is 1.81 bits per heavy atom. The maximum Gasteiger partial charge on any atom is 0.350 e. The summed E-state index contributed by atoms with van der Waals surface area (Å²) in [6, 6.07) is 10.0. The fourth-order valence-electron chi connectivity index (χ4n) is 3.66. The average Bonchev–Trinajstić information content (AvgIpc) is 3.35. The van der Waals surface area contributed by atoms with Crippen molar-refractivity contribution in [3.63, 3.8) is 0 Å². The molecule has 188 valence electrons. The number of ether oxygens (including phenoxy) is 2. The first-order valence-corrected chi connectivity index (χ1v) is 11.6. The lowest BCUT2D eigenvalue weighted by atomic mass is 10.2. The molecule has 0 N–H and O–H groups in total. The molecule has 0 atom stereocenters. The molecule has 2 aromatic heterocycles. The van der Waals surface area contributed by atoms with Crippen molar-refractivity contribution >= 4 is 16.5 Å². The number of aryl methyl sites for hydroxylation is 1. The smallest absolute Gasteiger partial charge is 0.350 e. The highest BCUT2D eigenvalue weighted by molar-refractivity contribution is 7.17. The predicted octanol–water partition coefficient (Wildman–Crippen LogP) is 4.35. The molecule has 0 aliphatic carbocycles. The second kappa shape index (κ2) is 9.74. The lowest BCUT2D eigenvalue weighted by Crippen LogP contribution is -2.52. The molecule has 1 saturated heterocycles. The van der Waals surface area contributed by atoms with E-state index in [0.717, 1.165) is 21.4 Å². The molecule has 4 aromatic rings. The molecule has 2 aromatic carbocycles. The maximum absolute atomic E-state index is 13.9. The van der Waals surface area contributed by atoms with Crippen LogP contribution in [0.5, 0.6) is 10.8 Å². The molecule has 5 rings (SSSR count). The van der Waals surface area contributed by atoms with Gasteiger partial charge in [-0.2, -0.15) is 18.6 Å². The average molecular weight is 521 g/mol. The molecule has 13 heteroatoms. The second-order valence-electron chi connectivity index (χ2n) is 8.04. The van der Waals surface area contributed by atoms with Crippen molar-refractivity contribution in [1.29, 1.82) is 0 Å². The van der Waals surface area contributed by atoms with Crippen LogP contribution in [-0.2, 0) is 11.3 Å². The van der Waals surface area contributed by atoms with Gasteiger partial charge in [0.1, 0.15) is 23.7 Å². The SMILES string of the molecule is Cc1nc(N2CC(OC(F)F)C2)sc1Oc1ccc(-n2ncn(Cc3c(F)cccc3F)c2=O)cc1. The topological polar surface area (TPSA) is 74.4 Å². The molecule has 1 aliphatic heterocycles. The summed E-state index contributed by atoms with van der Waals surface area (Å²) in [7, 11) is 0. The number of anilines is 1. The number of nitrogens with zero attached hydrogens (tertiary/aromatic N) is 5. The van der Waals surface area contributed by atoms with E-state index >= 15 is 0 Å². The van der Waals surface area contributed by atoms with Crippen LogP contribution in [0.25, 0.3) is 5.69 Å². The van der Waals surface area contributed by atoms with E-state index < -0.39 is 30.0 Å². The Morgan fingerprint density at radius 1 is 1.11 bits per heavy atom. The molecule has 3 heterocycles. The molecule has 0 unspecified atom stereocenters. The van der Waals surface area contributed by atoms with Gasteiger partial charge in [-0.05, 0) is 43.3 Å². The van der Waals surface area contributed by atoms with E-state index in [1.165, 1.54) is 23.7 Å². The molecule has 0 saturated carbocycles. The fraction of sp³-hybridized carbons (Fsp3) is 0.261. The number of hydrogen-bond donors (Lipinski definition) is 0. The Hall–Kier alpha value is -3.71. The number of alkyl halides is 2. The van der Waals surface area contributed by atoms with E-state index in [1.807, 2.05) is 4.90 Å². The van der Waals surface area contributed by atoms with Gasteiger partial charge < -0.3 is 14.4 Å². The highest BCUT2D eigenvalue weighted by atomic mass is 32.1. The largest absolute Gasteiger partial charge is 0.445 e. The van der Waals surface area contributed by atoms with Crippen molar-refractivity contribution in [3.05, 3.63) is 82.2 Å². The Kier molecular flexibility index (Phi) is 6.49. The summed E-state index contributed by atoms with van der Waals surface area (Å²) in [5, 5.41) is 5.24.